The minimum absolute atomic E-state index is 0.363. The first-order valence-electron chi connectivity index (χ1n) is 8.05. The van der Waals surface area contributed by atoms with Crippen LogP contribution in [0.1, 0.15) is 51.1 Å². The van der Waals surface area contributed by atoms with Gasteiger partial charge in [-0.05, 0) is 19.3 Å². The summed E-state index contributed by atoms with van der Waals surface area (Å²) in [6.45, 7) is 5.52. The molecule has 2 fully saturated rings. The zero-order valence-corrected chi connectivity index (χ0v) is 12.8. The first kappa shape index (κ1) is 14.0. The maximum atomic E-state index is 4.29. The van der Waals surface area contributed by atoms with Crippen LogP contribution in [0.5, 0.6) is 0 Å². The van der Waals surface area contributed by atoms with E-state index in [1.54, 1.807) is 0 Å². The van der Waals surface area contributed by atoms with Gasteiger partial charge in [-0.1, -0.05) is 31.4 Å². The van der Waals surface area contributed by atoms with Crippen LogP contribution in [0.15, 0.2) is 6.20 Å². The minimum Gasteiger partial charge on any atom is -0.311 e. The molecule has 0 bridgehead atoms. The molecule has 5 nitrogen and oxygen atoms in total. The van der Waals surface area contributed by atoms with E-state index in [9.17, 15) is 0 Å². The number of hydrogen-bond acceptors (Lipinski definition) is 4. The maximum absolute atomic E-state index is 4.29. The number of aromatic nitrogens is 3. The average molecular weight is 277 g/mol. The number of nitrogens with zero attached hydrogens (tertiary/aromatic N) is 4. The third kappa shape index (κ3) is 2.74. The molecule has 5 heteroatoms. The number of aryl methyl sites for hydroxylation is 1. The second-order valence-corrected chi connectivity index (χ2v) is 6.54. The smallest absolute Gasteiger partial charge is 0.0967 e. The van der Waals surface area contributed by atoms with E-state index in [1.807, 2.05) is 11.7 Å². The Morgan fingerprint density at radius 3 is 2.80 bits per heavy atom. The quantitative estimate of drug-likeness (QED) is 0.913. The fourth-order valence-corrected chi connectivity index (χ4v) is 3.84. The maximum Gasteiger partial charge on any atom is 0.0967 e. The summed E-state index contributed by atoms with van der Waals surface area (Å²) in [5.41, 5.74) is 1.47. The van der Waals surface area contributed by atoms with Gasteiger partial charge in [0.05, 0.1) is 5.69 Å². The Kier molecular flexibility index (Phi) is 4.08. The van der Waals surface area contributed by atoms with Gasteiger partial charge in [0.2, 0.25) is 0 Å². The molecule has 0 amide bonds. The second kappa shape index (κ2) is 5.82. The normalized spacial score (nSPS) is 27.0. The number of hydrogen-bond donors (Lipinski definition) is 1. The van der Waals surface area contributed by atoms with Gasteiger partial charge in [0.15, 0.2) is 0 Å². The molecule has 1 aromatic heterocycles. The summed E-state index contributed by atoms with van der Waals surface area (Å²) in [5.74, 6) is 0. The molecule has 1 N–H and O–H groups in total. The van der Waals surface area contributed by atoms with Gasteiger partial charge in [-0.25, -0.2) is 0 Å². The molecule has 0 aromatic carbocycles. The second-order valence-electron chi connectivity index (χ2n) is 6.54. The van der Waals surface area contributed by atoms with Crippen LogP contribution >= 0.6 is 0 Å². The van der Waals surface area contributed by atoms with Gasteiger partial charge in [0.1, 0.15) is 0 Å². The van der Waals surface area contributed by atoms with Crippen molar-refractivity contribution in [2.75, 3.05) is 13.1 Å². The molecule has 20 heavy (non-hydrogen) atoms. The SMILES string of the molecule is CCC1CN(Cc2cn(C)nn2)C2(CCCCC2)CN1. The molecule has 1 atom stereocenters. The summed E-state index contributed by atoms with van der Waals surface area (Å²) >= 11 is 0. The van der Waals surface area contributed by atoms with Crippen molar-refractivity contribution >= 4 is 0 Å². The third-order valence-corrected chi connectivity index (χ3v) is 5.11. The molecule has 1 unspecified atom stereocenters. The summed E-state index contributed by atoms with van der Waals surface area (Å²) in [6.07, 6.45) is 10.1. The molecular formula is C15H27N5. The monoisotopic (exact) mass is 277 g/mol. The van der Waals surface area contributed by atoms with Crippen LogP contribution in [0.4, 0.5) is 0 Å². The van der Waals surface area contributed by atoms with E-state index in [0.29, 0.717) is 11.6 Å². The molecule has 1 aliphatic heterocycles. The molecule has 1 saturated heterocycles. The van der Waals surface area contributed by atoms with E-state index in [0.717, 1.165) is 25.3 Å². The van der Waals surface area contributed by atoms with Crippen molar-refractivity contribution in [3.05, 3.63) is 11.9 Å². The molecule has 1 aliphatic carbocycles. The van der Waals surface area contributed by atoms with Crippen molar-refractivity contribution in [1.82, 2.24) is 25.2 Å². The van der Waals surface area contributed by atoms with E-state index in [-0.39, 0.29) is 0 Å². The standard InChI is InChI=1S/C15H27N5/c1-3-13-10-20(11-14-9-19(2)18-17-14)15(12-16-13)7-5-4-6-8-15/h9,13,16H,3-8,10-12H2,1-2H3. The van der Waals surface area contributed by atoms with E-state index in [4.69, 9.17) is 0 Å². The summed E-state index contributed by atoms with van der Waals surface area (Å²) in [5, 5.41) is 12.1. The first-order valence-corrected chi connectivity index (χ1v) is 8.05. The average Bonchev–Trinajstić information content (AvgIpc) is 2.88. The lowest BCUT2D eigenvalue weighted by molar-refractivity contribution is 0.00185. The van der Waals surface area contributed by atoms with Gasteiger partial charge in [0.25, 0.3) is 0 Å². The highest BCUT2D eigenvalue weighted by molar-refractivity contribution is 5.03. The molecule has 3 rings (SSSR count). The Hall–Kier alpha value is -0.940. The van der Waals surface area contributed by atoms with Crippen LogP contribution in [0.2, 0.25) is 0 Å². The van der Waals surface area contributed by atoms with Crippen molar-refractivity contribution < 1.29 is 0 Å². The van der Waals surface area contributed by atoms with Crippen LogP contribution in [0.3, 0.4) is 0 Å². The largest absolute Gasteiger partial charge is 0.311 e. The van der Waals surface area contributed by atoms with Gasteiger partial charge in [-0.2, -0.15) is 0 Å². The zero-order valence-electron chi connectivity index (χ0n) is 12.8. The Labute approximate surface area is 121 Å². The summed E-state index contributed by atoms with van der Waals surface area (Å²) < 4.78 is 1.81. The van der Waals surface area contributed by atoms with Crippen molar-refractivity contribution in [1.29, 1.82) is 0 Å². The lowest BCUT2D eigenvalue weighted by Gasteiger charge is -2.52. The minimum atomic E-state index is 0.363. The Bertz CT molecular complexity index is 435. The topological polar surface area (TPSA) is 46.0 Å². The van der Waals surface area contributed by atoms with Crippen molar-refractivity contribution in [2.45, 2.75) is 63.6 Å². The first-order chi connectivity index (χ1) is 9.72. The lowest BCUT2D eigenvalue weighted by atomic mass is 9.78. The predicted molar refractivity (Wildman–Crippen MR) is 79.3 cm³/mol. The number of rotatable bonds is 3. The summed E-state index contributed by atoms with van der Waals surface area (Å²) in [4.78, 5) is 2.70. The van der Waals surface area contributed by atoms with Crippen LogP contribution in [-0.2, 0) is 13.6 Å². The van der Waals surface area contributed by atoms with E-state index >= 15 is 0 Å². The molecule has 1 spiro atoms. The van der Waals surface area contributed by atoms with E-state index < -0.39 is 0 Å². The van der Waals surface area contributed by atoms with Crippen molar-refractivity contribution in [2.24, 2.45) is 7.05 Å². The van der Waals surface area contributed by atoms with E-state index in [1.165, 1.54) is 38.5 Å². The van der Waals surface area contributed by atoms with Gasteiger partial charge >= 0.3 is 0 Å². The van der Waals surface area contributed by atoms with Crippen molar-refractivity contribution in [3.8, 4) is 0 Å². The number of nitrogens with one attached hydrogen (secondary N) is 1. The van der Waals surface area contributed by atoms with Gasteiger partial charge in [-0.3, -0.25) is 9.58 Å². The highest BCUT2D eigenvalue weighted by atomic mass is 15.4. The van der Waals surface area contributed by atoms with E-state index in [2.05, 4.69) is 33.6 Å². The summed E-state index contributed by atoms with van der Waals surface area (Å²) in [7, 11) is 1.94. The molecule has 1 saturated carbocycles. The van der Waals surface area contributed by atoms with Crippen LogP contribution in [0.25, 0.3) is 0 Å². The van der Waals surface area contributed by atoms with Gasteiger partial charge < -0.3 is 5.32 Å². The molecule has 0 radical (unpaired) electrons. The Morgan fingerprint density at radius 2 is 2.15 bits per heavy atom. The highest BCUT2D eigenvalue weighted by Gasteiger charge is 2.41. The summed E-state index contributed by atoms with van der Waals surface area (Å²) in [6, 6.07) is 0.624. The molecule has 2 aliphatic rings. The van der Waals surface area contributed by atoms with Crippen molar-refractivity contribution in [3.63, 3.8) is 0 Å². The fraction of sp³-hybridized carbons (Fsp3) is 0.867. The molecule has 1 aromatic rings. The zero-order chi connectivity index (χ0) is 14.0. The van der Waals surface area contributed by atoms with Gasteiger partial charge in [-0.15, -0.1) is 5.10 Å². The predicted octanol–water partition coefficient (Wildman–Crippen LogP) is 1.70. The lowest BCUT2D eigenvalue weighted by Crippen LogP contribution is -2.64. The highest BCUT2D eigenvalue weighted by Crippen LogP contribution is 2.36. The fourth-order valence-electron chi connectivity index (χ4n) is 3.84. The molecule has 2 heterocycles. The molecular weight excluding hydrogens is 250 g/mol. The van der Waals surface area contributed by atoms with Crippen LogP contribution in [0, 0.1) is 0 Å². The third-order valence-electron chi connectivity index (χ3n) is 5.11. The Morgan fingerprint density at radius 1 is 1.35 bits per heavy atom. The van der Waals surface area contributed by atoms with Crippen LogP contribution in [-0.4, -0.2) is 44.6 Å². The van der Waals surface area contributed by atoms with Crippen LogP contribution < -0.4 is 5.32 Å². The Balaban J connectivity index is 1.77. The number of piperazine rings is 1. The molecule has 112 valence electrons. The van der Waals surface area contributed by atoms with Gasteiger partial charge in [0, 0.05) is 44.5 Å².